The third-order valence-corrected chi connectivity index (χ3v) is 6.62. The summed E-state index contributed by atoms with van der Waals surface area (Å²) in [6.07, 6.45) is 3.13. The minimum atomic E-state index is -0.270. The van der Waals surface area contributed by atoms with E-state index in [0.717, 1.165) is 21.3 Å². The van der Waals surface area contributed by atoms with E-state index < -0.39 is 0 Å². The first-order valence-corrected chi connectivity index (χ1v) is 12.9. The van der Waals surface area contributed by atoms with Crippen molar-refractivity contribution in [1.82, 2.24) is 20.1 Å². The highest BCUT2D eigenvalue weighted by atomic mass is 79.9. The van der Waals surface area contributed by atoms with E-state index in [0.29, 0.717) is 29.0 Å². The molecule has 0 fully saturated rings. The first-order valence-electron chi connectivity index (χ1n) is 11.1. The van der Waals surface area contributed by atoms with Crippen molar-refractivity contribution in [1.29, 1.82) is 0 Å². The zero-order valence-corrected chi connectivity index (χ0v) is 22.9. The second-order valence-corrected chi connectivity index (χ2v) is 9.46. The van der Waals surface area contributed by atoms with E-state index in [9.17, 15) is 9.59 Å². The first-order chi connectivity index (χ1) is 17.3. The molecule has 2 amide bonds. The molecule has 0 saturated carbocycles. The number of carbonyl (C=O) groups is 2. The number of ether oxygens (including phenoxy) is 2. The molecule has 0 aliphatic rings. The van der Waals surface area contributed by atoms with Crippen LogP contribution in [0.1, 0.15) is 23.9 Å². The second kappa shape index (κ2) is 13.1. The maximum Gasteiger partial charge on any atom is 0.244 e. The summed E-state index contributed by atoms with van der Waals surface area (Å²) in [7, 11) is 3.13. The average Bonchev–Trinajstić information content (AvgIpc) is 3.28. The Labute approximate surface area is 222 Å². The molecule has 1 heterocycles. The van der Waals surface area contributed by atoms with Crippen molar-refractivity contribution < 1.29 is 19.1 Å². The zero-order chi connectivity index (χ0) is 26.1. The number of hydrogen-bond donors (Lipinski definition) is 2. The molecule has 0 unspecified atom stereocenters. The number of carbonyl (C=O) groups excluding carboxylic acids is 2. The molecular weight excluding hydrogens is 546 g/mol. The summed E-state index contributed by atoms with van der Waals surface area (Å²) in [5.41, 5.74) is 2.54. The van der Waals surface area contributed by atoms with Crippen LogP contribution in [0.15, 0.2) is 52.1 Å². The molecule has 9 nitrogen and oxygen atoms in total. The van der Waals surface area contributed by atoms with Crippen molar-refractivity contribution in [2.45, 2.75) is 32.1 Å². The predicted octanol–water partition coefficient (Wildman–Crippen LogP) is 4.45. The van der Waals surface area contributed by atoms with Gasteiger partial charge in [-0.15, -0.1) is 10.2 Å². The summed E-state index contributed by atoms with van der Waals surface area (Å²) in [5.74, 6) is 1.60. The lowest BCUT2D eigenvalue weighted by atomic mass is 10.2. The van der Waals surface area contributed by atoms with Crippen LogP contribution in [0.5, 0.6) is 11.5 Å². The van der Waals surface area contributed by atoms with E-state index in [1.54, 1.807) is 32.4 Å². The minimum Gasteiger partial charge on any atom is -0.493 e. The fourth-order valence-electron chi connectivity index (χ4n) is 3.31. The normalized spacial score (nSPS) is 10.9. The number of halogens is 1. The summed E-state index contributed by atoms with van der Waals surface area (Å²) in [4.78, 5) is 24.8. The monoisotopic (exact) mass is 573 g/mol. The van der Waals surface area contributed by atoms with Crippen LogP contribution >= 0.6 is 27.7 Å². The van der Waals surface area contributed by atoms with Crippen LogP contribution in [0.4, 0.5) is 5.69 Å². The molecule has 3 aromatic rings. The van der Waals surface area contributed by atoms with E-state index in [-0.39, 0.29) is 24.1 Å². The van der Waals surface area contributed by atoms with Crippen LogP contribution < -0.4 is 20.1 Å². The highest BCUT2D eigenvalue weighted by molar-refractivity contribution is 9.10. The van der Waals surface area contributed by atoms with Gasteiger partial charge in [-0.05, 0) is 61.4 Å². The van der Waals surface area contributed by atoms with E-state index >= 15 is 0 Å². The number of aromatic nitrogens is 3. The smallest absolute Gasteiger partial charge is 0.244 e. The molecule has 0 spiro atoms. The van der Waals surface area contributed by atoms with Gasteiger partial charge < -0.3 is 24.7 Å². The number of aryl methyl sites for hydroxylation is 1. The third-order valence-electron chi connectivity index (χ3n) is 5.16. The van der Waals surface area contributed by atoms with Gasteiger partial charge in [-0.3, -0.25) is 9.59 Å². The van der Waals surface area contributed by atoms with Crippen LogP contribution in [-0.2, 0) is 22.7 Å². The molecule has 2 N–H and O–H groups in total. The number of nitrogens with zero attached hydrogens (tertiary/aromatic N) is 3. The standard InChI is InChI=1S/C25H28BrN5O4S/c1-5-31-22(14-27-23(32)11-7-17-6-10-20(34-3)21(13-17)35-4)29-30-25(31)36-15-24(33)28-19-9-8-18(26)12-16(19)2/h6-13H,5,14-15H2,1-4H3,(H,27,32)(H,28,33). The summed E-state index contributed by atoms with van der Waals surface area (Å²) >= 11 is 4.72. The summed E-state index contributed by atoms with van der Waals surface area (Å²) in [6, 6.07) is 11.1. The van der Waals surface area contributed by atoms with Crippen LogP contribution in [0, 0.1) is 6.92 Å². The average molecular weight is 575 g/mol. The molecular formula is C25H28BrN5O4S. The van der Waals surface area contributed by atoms with Gasteiger partial charge in [0.1, 0.15) is 0 Å². The SMILES string of the molecule is CCn1c(CNC(=O)C=Cc2ccc(OC)c(OC)c2)nnc1SCC(=O)Nc1ccc(Br)cc1C. The number of thioether (sulfide) groups is 1. The van der Waals surface area contributed by atoms with Crippen molar-refractivity contribution >= 4 is 51.3 Å². The van der Waals surface area contributed by atoms with Gasteiger partial charge in [0.05, 0.1) is 26.5 Å². The van der Waals surface area contributed by atoms with Crippen LogP contribution in [0.2, 0.25) is 0 Å². The molecule has 11 heteroatoms. The Balaban J connectivity index is 1.54. The van der Waals surface area contributed by atoms with Crippen molar-refractivity contribution in [3.05, 3.63) is 63.9 Å². The predicted molar refractivity (Wildman–Crippen MR) is 144 cm³/mol. The summed E-state index contributed by atoms with van der Waals surface area (Å²) in [6.45, 7) is 4.71. The van der Waals surface area contributed by atoms with E-state index in [2.05, 4.69) is 36.8 Å². The number of benzene rings is 2. The molecule has 1 aromatic heterocycles. The second-order valence-electron chi connectivity index (χ2n) is 7.60. The lowest BCUT2D eigenvalue weighted by molar-refractivity contribution is -0.116. The Morgan fingerprint density at radius 3 is 2.58 bits per heavy atom. The van der Waals surface area contributed by atoms with Crippen LogP contribution in [0.3, 0.4) is 0 Å². The molecule has 2 aromatic carbocycles. The molecule has 3 rings (SSSR count). The van der Waals surface area contributed by atoms with Crippen molar-refractivity contribution in [3.8, 4) is 11.5 Å². The number of hydrogen-bond acceptors (Lipinski definition) is 7. The number of methoxy groups -OCH3 is 2. The van der Waals surface area contributed by atoms with Gasteiger partial charge in [0.15, 0.2) is 22.5 Å². The molecule has 36 heavy (non-hydrogen) atoms. The Morgan fingerprint density at radius 1 is 1.11 bits per heavy atom. The zero-order valence-electron chi connectivity index (χ0n) is 20.5. The molecule has 190 valence electrons. The number of amides is 2. The third kappa shape index (κ3) is 7.34. The van der Waals surface area contributed by atoms with E-state index in [1.165, 1.54) is 17.8 Å². The maximum atomic E-state index is 12.4. The van der Waals surface area contributed by atoms with E-state index in [4.69, 9.17) is 9.47 Å². The Bertz CT molecular complexity index is 1260. The fraction of sp³-hybridized carbons (Fsp3) is 0.280. The van der Waals surface area contributed by atoms with Gasteiger partial charge in [-0.1, -0.05) is 33.8 Å². The van der Waals surface area contributed by atoms with Gasteiger partial charge in [-0.2, -0.15) is 0 Å². The molecule has 0 aliphatic heterocycles. The number of rotatable bonds is 11. The highest BCUT2D eigenvalue weighted by Gasteiger charge is 2.14. The van der Waals surface area contributed by atoms with Gasteiger partial charge in [0.25, 0.3) is 0 Å². The lowest BCUT2D eigenvalue weighted by Crippen LogP contribution is -2.22. The van der Waals surface area contributed by atoms with Crippen molar-refractivity contribution in [3.63, 3.8) is 0 Å². The summed E-state index contributed by atoms with van der Waals surface area (Å²) < 4.78 is 13.3. The Hall–Kier alpha value is -3.31. The largest absolute Gasteiger partial charge is 0.493 e. The Kier molecular flexibility index (Phi) is 9.95. The lowest BCUT2D eigenvalue weighted by Gasteiger charge is -2.10. The van der Waals surface area contributed by atoms with Crippen LogP contribution in [-0.4, -0.2) is 46.6 Å². The molecule has 0 aliphatic carbocycles. The Morgan fingerprint density at radius 2 is 1.89 bits per heavy atom. The van der Waals surface area contributed by atoms with Crippen molar-refractivity contribution in [2.24, 2.45) is 0 Å². The number of nitrogens with one attached hydrogen (secondary N) is 2. The van der Waals surface area contributed by atoms with Crippen LogP contribution in [0.25, 0.3) is 6.08 Å². The highest BCUT2D eigenvalue weighted by Crippen LogP contribution is 2.28. The fourth-order valence-corrected chi connectivity index (χ4v) is 4.61. The van der Waals surface area contributed by atoms with Gasteiger partial charge in [-0.25, -0.2) is 0 Å². The quantitative estimate of drug-likeness (QED) is 0.258. The molecule has 0 radical (unpaired) electrons. The van der Waals surface area contributed by atoms with Crippen molar-refractivity contribution in [2.75, 3.05) is 25.3 Å². The minimum absolute atomic E-state index is 0.133. The van der Waals surface area contributed by atoms with Gasteiger partial charge in [0.2, 0.25) is 11.8 Å². The molecule has 0 bridgehead atoms. The topological polar surface area (TPSA) is 107 Å². The summed E-state index contributed by atoms with van der Waals surface area (Å²) in [5, 5.41) is 14.7. The number of anilines is 1. The maximum absolute atomic E-state index is 12.4. The molecule has 0 atom stereocenters. The first kappa shape index (κ1) is 27.3. The van der Waals surface area contributed by atoms with Gasteiger partial charge in [0, 0.05) is 22.8 Å². The molecule has 0 saturated heterocycles. The van der Waals surface area contributed by atoms with Gasteiger partial charge >= 0.3 is 0 Å². The van der Waals surface area contributed by atoms with E-state index in [1.807, 2.05) is 42.7 Å².